The van der Waals surface area contributed by atoms with Gasteiger partial charge in [0.05, 0.1) is 0 Å². The minimum absolute atomic E-state index is 0.00708. The Labute approximate surface area is 118 Å². The van der Waals surface area contributed by atoms with Crippen molar-refractivity contribution < 1.29 is 14.9 Å². The Kier molecular flexibility index (Phi) is 4.98. The van der Waals surface area contributed by atoms with E-state index in [1.165, 1.54) is 0 Å². The van der Waals surface area contributed by atoms with Gasteiger partial charge in [0, 0.05) is 24.3 Å². The second kappa shape index (κ2) is 6.93. The SMILES string of the molecule is NC(CCO)c1ccc(OCc2ccccc2)cc1O. The third-order valence-electron chi connectivity index (χ3n) is 3.09. The van der Waals surface area contributed by atoms with Crippen molar-refractivity contribution in [1.82, 2.24) is 0 Å². The highest BCUT2D eigenvalue weighted by Crippen LogP contribution is 2.29. The van der Waals surface area contributed by atoms with Crippen LogP contribution in [0.4, 0.5) is 0 Å². The van der Waals surface area contributed by atoms with Gasteiger partial charge < -0.3 is 20.7 Å². The number of phenolic OH excluding ortho intramolecular Hbond substituents is 1. The normalized spacial score (nSPS) is 12.1. The van der Waals surface area contributed by atoms with Crippen molar-refractivity contribution in [2.24, 2.45) is 5.73 Å². The molecule has 20 heavy (non-hydrogen) atoms. The van der Waals surface area contributed by atoms with Gasteiger partial charge in [-0.05, 0) is 18.1 Å². The van der Waals surface area contributed by atoms with Gasteiger partial charge in [0.1, 0.15) is 18.1 Å². The lowest BCUT2D eigenvalue weighted by Gasteiger charge is -2.14. The largest absolute Gasteiger partial charge is 0.507 e. The summed E-state index contributed by atoms with van der Waals surface area (Å²) in [6.45, 7) is 0.440. The predicted molar refractivity (Wildman–Crippen MR) is 77.5 cm³/mol. The molecule has 2 rings (SSSR count). The van der Waals surface area contributed by atoms with E-state index in [0.29, 0.717) is 24.3 Å². The van der Waals surface area contributed by atoms with E-state index in [2.05, 4.69) is 0 Å². The van der Waals surface area contributed by atoms with E-state index in [4.69, 9.17) is 15.6 Å². The summed E-state index contributed by atoms with van der Waals surface area (Å²) in [5.74, 6) is 0.683. The maximum absolute atomic E-state index is 9.94. The second-order valence-electron chi connectivity index (χ2n) is 4.61. The van der Waals surface area contributed by atoms with Crippen LogP contribution < -0.4 is 10.5 Å². The molecule has 0 fully saturated rings. The Bertz CT molecular complexity index is 543. The van der Waals surface area contributed by atoms with Crippen molar-refractivity contribution in [2.45, 2.75) is 19.1 Å². The van der Waals surface area contributed by atoms with Crippen LogP contribution >= 0.6 is 0 Å². The van der Waals surface area contributed by atoms with E-state index in [1.54, 1.807) is 18.2 Å². The van der Waals surface area contributed by atoms with E-state index >= 15 is 0 Å². The summed E-state index contributed by atoms with van der Waals surface area (Å²) in [6.07, 6.45) is 0.414. The van der Waals surface area contributed by atoms with Crippen LogP contribution in [-0.4, -0.2) is 16.8 Å². The Morgan fingerprint density at radius 2 is 1.85 bits per heavy atom. The standard InChI is InChI=1S/C16H19NO3/c17-15(8-9-18)14-7-6-13(10-16(14)19)20-11-12-4-2-1-3-5-12/h1-7,10,15,18-19H,8-9,11,17H2. The number of hydrogen-bond donors (Lipinski definition) is 3. The number of ether oxygens (including phenoxy) is 1. The molecule has 1 unspecified atom stereocenters. The molecule has 0 aromatic heterocycles. The van der Waals surface area contributed by atoms with Crippen LogP contribution in [-0.2, 0) is 6.61 Å². The minimum atomic E-state index is -0.372. The topological polar surface area (TPSA) is 75.7 Å². The molecule has 0 aliphatic rings. The van der Waals surface area contributed by atoms with Crippen molar-refractivity contribution in [2.75, 3.05) is 6.61 Å². The Morgan fingerprint density at radius 3 is 2.50 bits per heavy atom. The highest BCUT2D eigenvalue weighted by atomic mass is 16.5. The zero-order chi connectivity index (χ0) is 14.4. The van der Waals surface area contributed by atoms with E-state index in [1.807, 2.05) is 30.3 Å². The number of nitrogens with two attached hydrogens (primary N) is 1. The van der Waals surface area contributed by atoms with Crippen LogP contribution in [0.15, 0.2) is 48.5 Å². The van der Waals surface area contributed by atoms with Gasteiger partial charge in [-0.15, -0.1) is 0 Å². The van der Waals surface area contributed by atoms with Crippen LogP contribution in [0.5, 0.6) is 11.5 Å². The van der Waals surface area contributed by atoms with Gasteiger partial charge in [-0.3, -0.25) is 0 Å². The summed E-state index contributed by atoms with van der Waals surface area (Å²) in [4.78, 5) is 0. The van der Waals surface area contributed by atoms with Crippen LogP contribution in [0.25, 0.3) is 0 Å². The van der Waals surface area contributed by atoms with E-state index in [-0.39, 0.29) is 18.4 Å². The average molecular weight is 273 g/mol. The summed E-state index contributed by atoms with van der Waals surface area (Å²) in [5.41, 5.74) is 7.54. The molecule has 2 aromatic rings. The molecular formula is C16H19NO3. The molecule has 106 valence electrons. The number of aromatic hydroxyl groups is 1. The van der Waals surface area contributed by atoms with Crippen LogP contribution in [0.1, 0.15) is 23.6 Å². The molecule has 0 heterocycles. The van der Waals surface area contributed by atoms with Gasteiger partial charge in [0.25, 0.3) is 0 Å². The van der Waals surface area contributed by atoms with Gasteiger partial charge in [-0.25, -0.2) is 0 Å². The first-order chi connectivity index (χ1) is 9.70. The first-order valence-electron chi connectivity index (χ1n) is 6.57. The van der Waals surface area contributed by atoms with Crippen LogP contribution in [0, 0.1) is 0 Å². The molecule has 4 nitrogen and oxygen atoms in total. The monoisotopic (exact) mass is 273 g/mol. The van der Waals surface area contributed by atoms with Gasteiger partial charge in [0.2, 0.25) is 0 Å². The predicted octanol–water partition coefficient (Wildman–Crippen LogP) is 2.35. The lowest BCUT2D eigenvalue weighted by Crippen LogP contribution is -2.12. The summed E-state index contributed by atoms with van der Waals surface area (Å²) in [6, 6.07) is 14.5. The van der Waals surface area contributed by atoms with Crippen molar-refractivity contribution in [3.05, 3.63) is 59.7 Å². The first-order valence-corrected chi connectivity index (χ1v) is 6.57. The van der Waals surface area contributed by atoms with Crippen molar-refractivity contribution in [3.8, 4) is 11.5 Å². The Morgan fingerprint density at radius 1 is 1.10 bits per heavy atom. The molecule has 2 aromatic carbocycles. The molecule has 4 heteroatoms. The molecule has 1 atom stereocenters. The highest BCUT2D eigenvalue weighted by Gasteiger charge is 2.11. The maximum atomic E-state index is 9.94. The highest BCUT2D eigenvalue weighted by molar-refractivity contribution is 5.41. The molecule has 0 radical (unpaired) electrons. The number of aliphatic hydroxyl groups excluding tert-OH is 1. The fourth-order valence-electron chi connectivity index (χ4n) is 1.96. The number of benzene rings is 2. The summed E-state index contributed by atoms with van der Waals surface area (Å²) in [5, 5.41) is 18.8. The zero-order valence-corrected chi connectivity index (χ0v) is 11.2. The van der Waals surface area contributed by atoms with Crippen LogP contribution in [0.3, 0.4) is 0 Å². The van der Waals surface area contributed by atoms with Crippen molar-refractivity contribution >= 4 is 0 Å². The Hall–Kier alpha value is -2.04. The molecule has 0 aliphatic carbocycles. The maximum Gasteiger partial charge on any atom is 0.124 e. The summed E-state index contributed by atoms with van der Waals surface area (Å²) >= 11 is 0. The quantitative estimate of drug-likeness (QED) is 0.755. The molecule has 4 N–H and O–H groups in total. The number of aliphatic hydroxyl groups is 1. The molecule has 0 aliphatic heterocycles. The third kappa shape index (κ3) is 3.73. The van der Waals surface area contributed by atoms with E-state index in [0.717, 1.165) is 5.56 Å². The fourth-order valence-corrected chi connectivity index (χ4v) is 1.96. The molecule has 0 amide bonds. The minimum Gasteiger partial charge on any atom is -0.507 e. The lowest BCUT2D eigenvalue weighted by molar-refractivity contribution is 0.275. The zero-order valence-electron chi connectivity index (χ0n) is 11.2. The fraction of sp³-hybridized carbons (Fsp3) is 0.250. The van der Waals surface area contributed by atoms with Gasteiger partial charge in [-0.1, -0.05) is 36.4 Å². The van der Waals surface area contributed by atoms with Gasteiger partial charge in [-0.2, -0.15) is 0 Å². The number of phenols is 1. The van der Waals surface area contributed by atoms with Crippen molar-refractivity contribution in [1.29, 1.82) is 0 Å². The average Bonchev–Trinajstić information content (AvgIpc) is 2.46. The Balaban J connectivity index is 2.02. The first kappa shape index (κ1) is 14.4. The molecule has 0 saturated heterocycles. The van der Waals surface area contributed by atoms with E-state index < -0.39 is 0 Å². The number of rotatable bonds is 6. The molecular weight excluding hydrogens is 254 g/mol. The smallest absolute Gasteiger partial charge is 0.124 e. The lowest BCUT2D eigenvalue weighted by atomic mass is 10.0. The second-order valence-corrected chi connectivity index (χ2v) is 4.61. The van der Waals surface area contributed by atoms with Gasteiger partial charge in [0.15, 0.2) is 0 Å². The van der Waals surface area contributed by atoms with Gasteiger partial charge >= 0.3 is 0 Å². The number of hydrogen-bond acceptors (Lipinski definition) is 4. The molecule has 0 bridgehead atoms. The van der Waals surface area contributed by atoms with E-state index in [9.17, 15) is 5.11 Å². The molecule has 0 saturated carbocycles. The van der Waals surface area contributed by atoms with Crippen molar-refractivity contribution in [3.63, 3.8) is 0 Å². The third-order valence-corrected chi connectivity index (χ3v) is 3.09. The summed E-state index contributed by atoms with van der Waals surface area (Å²) in [7, 11) is 0. The summed E-state index contributed by atoms with van der Waals surface area (Å²) < 4.78 is 5.62. The molecule has 0 spiro atoms. The van der Waals surface area contributed by atoms with Crippen LogP contribution in [0.2, 0.25) is 0 Å².